The lowest BCUT2D eigenvalue weighted by atomic mass is 10.0. The van der Waals surface area contributed by atoms with E-state index in [1.807, 2.05) is 27.0 Å². The highest BCUT2D eigenvalue weighted by Gasteiger charge is 2.25. The van der Waals surface area contributed by atoms with Gasteiger partial charge in [0.25, 0.3) is 5.91 Å². The number of aryl methyl sites for hydroxylation is 2. The average Bonchev–Trinajstić information content (AvgIpc) is 2.73. The largest absolute Gasteiger partial charge is 0.397 e. The fraction of sp³-hybridized carbons (Fsp3) is 0.500. The van der Waals surface area contributed by atoms with Crippen molar-refractivity contribution < 1.29 is 4.79 Å². The molecule has 0 aliphatic heterocycles. The first kappa shape index (κ1) is 15.8. The summed E-state index contributed by atoms with van der Waals surface area (Å²) in [4.78, 5) is 20.4. The summed E-state index contributed by atoms with van der Waals surface area (Å²) in [5, 5.41) is 0.916. The quantitative estimate of drug-likeness (QED) is 0.942. The maximum absolute atomic E-state index is 12.7. The lowest BCUT2D eigenvalue weighted by molar-refractivity contribution is 0.0713. The van der Waals surface area contributed by atoms with E-state index in [-0.39, 0.29) is 11.9 Å². The number of fused-ring (bicyclic) bond motifs is 1. The number of nitrogens with two attached hydrogens (primary N) is 1. The van der Waals surface area contributed by atoms with Crippen LogP contribution in [0.2, 0.25) is 0 Å². The van der Waals surface area contributed by atoms with Gasteiger partial charge in [-0.25, -0.2) is 4.98 Å². The van der Waals surface area contributed by atoms with Gasteiger partial charge in [0.05, 0.1) is 5.69 Å². The van der Waals surface area contributed by atoms with E-state index in [9.17, 15) is 4.79 Å². The minimum Gasteiger partial charge on any atom is -0.397 e. The number of thiophene rings is 1. The highest BCUT2D eigenvalue weighted by atomic mass is 32.1. The van der Waals surface area contributed by atoms with Gasteiger partial charge in [0.15, 0.2) is 0 Å². The number of carbonyl (C=O) groups excluding carboxylic acids is 1. The SMILES string of the molecule is Cc1cc(C)c2c(N)c(C(=O)N(C)C(C)C(C)C)sc2n1. The van der Waals surface area contributed by atoms with Crippen LogP contribution in [0.15, 0.2) is 6.07 Å². The Morgan fingerprint density at radius 1 is 1.33 bits per heavy atom. The van der Waals surface area contributed by atoms with Gasteiger partial charge >= 0.3 is 0 Å². The van der Waals surface area contributed by atoms with E-state index in [1.54, 1.807) is 4.90 Å². The van der Waals surface area contributed by atoms with Gasteiger partial charge in [0, 0.05) is 24.2 Å². The molecule has 0 fully saturated rings. The molecular weight excluding hydrogens is 282 g/mol. The second-order valence-electron chi connectivity index (χ2n) is 6.01. The number of hydrogen-bond acceptors (Lipinski definition) is 4. The third-order valence-corrected chi connectivity index (χ3v) is 5.20. The van der Waals surface area contributed by atoms with Crippen molar-refractivity contribution in [3.63, 3.8) is 0 Å². The van der Waals surface area contributed by atoms with E-state index < -0.39 is 0 Å². The van der Waals surface area contributed by atoms with E-state index in [2.05, 4.69) is 25.8 Å². The minimum atomic E-state index is -0.0197. The molecule has 0 aliphatic carbocycles. The molecule has 0 aromatic carbocycles. The lowest BCUT2D eigenvalue weighted by Crippen LogP contribution is -2.38. The number of amides is 1. The standard InChI is InChI=1S/C16H23N3OS/c1-8(2)11(5)19(6)16(20)14-13(17)12-9(3)7-10(4)18-15(12)21-14/h7-8,11H,17H2,1-6H3. The molecular formula is C16H23N3OS. The summed E-state index contributed by atoms with van der Waals surface area (Å²) >= 11 is 1.39. The second kappa shape index (κ2) is 5.64. The van der Waals surface area contributed by atoms with Crippen LogP contribution >= 0.6 is 11.3 Å². The van der Waals surface area contributed by atoms with Crippen LogP contribution in [0.1, 0.15) is 41.7 Å². The molecule has 0 spiro atoms. The number of aromatic nitrogens is 1. The van der Waals surface area contributed by atoms with Crippen LogP contribution in [-0.4, -0.2) is 28.9 Å². The van der Waals surface area contributed by atoms with Crippen molar-refractivity contribution in [1.82, 2.24) is 9.88 Å². The van der Waals surface area contributed by atoms with Gasteiger partial charge in [-0.3, -0.25) is 4.79 Å². The Balaban J connectivity index is 2.50. The number of rotatable bonds is 3. The number of nitrogen functional groups attached to an aromatic ring is 1. The zero-order chi connectivity index (χ0) is 15.9. The first-order valence-corrected chi connectivity index (χ1v) is 7.99. The highest BCUT2D eigenvalue weighted by Crippen LogP contribution is 2.36. The fourth-order valence-corrected chi connectivity index (χ4v) is 3.62. The highest BCUT2D eigenvalue weighted by molar-refractivity contribution is 7.21. The predicted octanol–water partition coefficient (Wildman–Crippen LogP) is 3.61. The predicted molar refractivity (Wildman–Crippen MR) is 89.9 cm³/mol. The summed E-state index contributed by atoms with van der Waals surface area (Å²) in [7, 11) is 1.84. The molecule has 1 amide bonds. The van der Waals surface area contributed by atoms with Gasteiger partial charge in [0.1, 0.15) is 9.71 Å². The van der Waals surface area contributed by atoms with Gasteiger partial charge in [-0.2, -0.15) is 0 Å². The molecule has 2 N–H and O–H groups in total. The Morgan fingerprint density at radius 3 is 2.52 bits per heavy atom. The third kappa shape index (κ3) is 2.75. The van der Waals surface area contributed by atoms with Crippen LogP contribution in [0.5, 0.6) is 0 Å². The summed E-state index contributed by atoms with van der Waals surface area (Å²) in [6.45, 7) is 10.2. The molecule has 5 heteroatoms. The van der Waals surface area contributed by atoms with E-state index in [1.165, 1.54) is 11.3 Å². The van der Waals surface area contributed by atoms with Crippen molar-refractivity contribution >= 4 is 33.1 Å². The molecule has 2 rings (SSSR count). The molecule has 21 heavy (non-hydrogen) atoms. The van der Waals surface area contributed by atoms with Gasteiger partial charge < -0.3 is 10.6 Å². The molecule has 1 unspecified atom stereocenters. The molecule has 0 aliphatic rings. The Hall–Kier alpha value is -1.62. The average molecular weight is 305 g/mol. The number of anilines is 1. The molecule has 0 radical (unpaired) electrons. The fourth-order valence-electron chi connectivity index (χ4n) is 2.42. The van der Waals surface area contributed by atoms with Crippen LogP contribution < -0.4 is 5.73 Å². The van der Waals surface area contributed by atoms with Crippen LogP contribution in [0, 0.1) is 19.8 Å². The Labute approximate surface area is 130 Å². The second-order valence-corrected chi connectivity index (χ2v) is 7.01. The van der Waals surface area contributed by atoms with Crippen LogP contribution in [0.25, 0.3) is 10.2 Å². The van der Waals surface area contributed by atoms with E-state index in [0.29, 0.717) is 16.5 Å². The molecule has 0 saturated heterocycles. The molecule has 1 atom stereocenters. The Morgan fingerprint density at radius 2 is 1.95 bits per heavy atom. The van der Waals surface area contributed by atoms with E-state index in [4.69, 9.17) is 5.73 Å². The first-order chi connectivity index (χ1) is 9.73. The van der Waals surface area contributed by atoms with Crippen molar-refractivity contribution in [2.45, 2.75) is 40.7 Å². The number of carbonyl (C=O) groups is 1. The van der Waals surface area contributed by atoms with Crippen molar-refractivity contribution in [3.8, 4) is 0 Å². The normalized spacial score (nSPS) is 12.9. The first-order valence-electron chi connectivity index (χ1n) is 7.17. The van der Waals surface area contributed by atoms with Crippen LogP contribution in [0.4, 0.5) is 5.69 Å². The molecule has 0 bridgehead atoms. The maximum Gasteiger partial charge on any atom is 0.266 e. The van der Waals surface area contributed by atoms with Gasteiger partial charge in [-0.05, 0) is 38.3 Å². The van der Waals surface area contributed by atoms with Gasteiger partial charge in [-0.1, -0.05) is 13.8 Å². The van der Waals surface area contributed by atoms with Crippen molar-refractivity contribution in [3.05, 3.63) is 22.2 Å². The summed E-state index contributed by atoms with van der Waals surface area (Å²) < 4.78 is 0. The van der Waals surface area contributed by atoms with Crippen molar-refractivity contribution in [1.29, 1.82) is 0 Å². The number of pyridine rings is 1. The number of hydrogen-bond donors (Lipinski definition) is 1. The zero-order valence-corrected chi connectivity index (χ0v) is 14.3. The smallest absolute Gasteiger partial charge is 0.266 e. The minimum absolute atomic E-state index is 0.0197. The van der Waals surface area contributed by atoms with E-state index >= 15 is 0 Å². The Kier molecular flexibility index (Phi) is 4.23. The van der Waals surface area contributed by atoms with Crippen LogP contribution in [0.3, 0.4) is 0 Å². The zero-order valence-electron chi connectivity index (χ0n) is 13.5. The van der Waals surface area contributed by atoms with Crippen LogP contribution in [-0.2, 0) is 0 Å². The topological polar surface area (TPSA) is 59.2 Å². The monoisotopic (exact) mass is 305 g/mol. The van der Waals surface area contributed by atoms with Gasteiger partial charge in [-0.15, -0.1) is 11.3 Å². The molecule has 2 aromatic heterocycles. The Bertz CT molecular complexity index is 690. The van der Waals surface area contributed by atoms with Gasteiger partial charge in [0.2, 0.25) is 0 Å². The molecule has 4 nitrogen and oxygen atoms in total. The van der Waals surface area contributed by atoms with Crippen molar-refractivity contribution in [2.75, 3.05) is 12.8 Å². The molecule has 114 valence electrons. The third-order valence-electron chi connectivity index (χ3n) is 4.11. The summed E-state index contributed by atoms with van der Waals surface area (Å²) in [6, 6.07) is 2.16. The maximum atomic E-state index is 12.7. The lowest BCUT2D eigenvalue weighted by Gasteiger charge is -2.27. The molecule has 2 aromatic rings. The van der Waals surface area contributed by atoms with Crippen molar-refractivity contribution in [2.24, 2.45) is 5.92 Å². The summed E-state index contributed by atoms with van der Waals surface area (Å²) in [5.41, 5.74) is 8.81. The summed E-state index contributed by atoms with van der Waals surface area (Å²) in [5.74, 6) is 0.380. The number of nitrogens with zero attached hydrogens (tertiary/aromatic N) is 2. The van der Waals surface area contributed by atoms with E-state index in [0.717, 1.165) is 21.5 Å². The summed E-state index contributed by atoms with van der Waals surface area (Å²) in [6.07, 6.45) is 0. The molecule has 2 heterocycles. The molecule has 0 saturated carbocycles.